The van der Waals surface area contributed by atoms with Gasteiger partial charge in [-0.25, -0.2) is 0 Å². The minimum atomic E-state index is -0.0264. The van der Waals surface area contributed by atoms with E-state index in [2.05, 4.69) is 6.58 Å². The van der Waals surface area contributed by atoms with E-state index < -0.39 is 0 Å². The van der Waals surface area contributed by atoms with E-state index in [1.54, 1.807) is 0 Å². The molecule has 0 aromatic heterocycles. The largest absolute Gasteiger partial charge is 0.394 e. The first kappa shape index (κ1) is 11.6. The highest BCUT2D eigenvalue weighted by molar-refractivity contribution is 5.87. The van der Waals surface area contributed by atoms with Gasteiger partial charge in [0.15, 0.2) is 0 Å². The Bertz CT molecular complexity index is 282. The van der Waals surface area contributed by atoms with Crippen LogP contribution in [0.2, 0.25) is 0 Å². The molecule has 1 aliphatic heterocycles. The Kier molecular flexibility index (Phi) is 3.33. The number of amides is 1. The summed E-state index contributed by atoms with van der Waals surface area (Å²) < 4.78 is 0. The van der Waals surface area contributed by atoms with E-state index in [9.17, 15) is 9.90 Å². The second-order valence-electron chi connectivity index (χ2n) is 5.27. The highest BCUT2D eigenvalue weighted by Crippen LogP contribution is 2.46. The third-order valence-electron chi connectivity index (χ3n) is 4.20. The molecule has 1 saturated carbocycles. The molecule has 2 fully saturated rings. The van der Waals surface area contributed by atoms with Gasteiger partial charge in [-0.1, -0.05) is 25.8 Å². The lowest BCUT2D eigenvalue weighted by molar-refractivity contribution is -0.127. The lowest BCUT2D eigenvalue weighted by Crippen LogP contribution is -2.37. The molecule has 3 heteroatoms. The Morgan fingerprint density at radius 2 is 2.12 bits per heavy atom. The monoisotopic (exact) mass is 223 g/mol. The van der Waals surface area contributed by atoms with Gasteiger partial charge in [-0.15, -0.1) is 0 Å². The number of hydrogen-bond acceptors (Lipinski definition) is 2. The molecule has 1 N–H and O–H groups in total. The van der Waals surface area contributed by atoms with Crippen molar-refractivity contribution in [2.75, 3.05) is 13.2 Å². The van der Waals surface area contributed by atoms with Gasteiger partial charge in [0, 0.05) is 6.54 Å². The number of aliphatic hydroxyl groups is 1. The van der Waals surface area contributed by atoms with Gasteiger partial charge in [0.2, 0.25) is 5.91 Å². The van der Waals surface area contributed by atoms with Gasteiger partial charge in [-0.3, -0.25) is 4.79 Å². The molecule has 90 valence electrons. The first-order valence-corrected chi connectivity index (χ1v) is 6.25. The van der Waals surface area contributed by atoms with E-state index in [1.165, 1.54) is 38.2 Å². The zero-order valence-electron chi connectivity index (χ0n) is 9.82. The van der Waals surface area contributed by atoms with Crippen molar-refractivity contribution in [2.24, 2.45) is 5.41 Å². The number of carbonyl (C=O) groups is 1. The molecule has 0 bridgehead atoms. The molecule has 0 radical (unpaired) electrons. The smallest absolute Gasteiger partial charge is 0.246 e. The maximum absolute atomic E-state index is 11.7. The second-order valence-corrected chi connectivity index (χ2v) is 5.27. The Morgan fingerprint density at radius 1 is 1.44 bits per heavy atom. The van der Waals surface area contributed by atoms with E-state index in [0.717, 1.165) is 13.0 Å². The summed E-state index contributed by atoms with van der Waals surface area (Å²) in [4.78, 5) is 13.5. The zero-order chi connectivity index (χ0) is 11.6. The molecule has 0 aromatic rings. The standard InChI is InChI=1S/C13H21NO2/c1-2-12(16)14-10-13(8-11(14)9-15)6-4-3-5-7-13/h2,11,15H,1,3-10H2. The Balaban J connectivity index is 2.10. The summed E-state index contributed by atoms with van der Waals surface area (Å²) in [6.07, 6.45) is 8.63. The summed E-state index contributed by atoms with van der Waals surface area (Å²) in [6.45, 7) is 4.44. The van der Waals surface area contributed by atoms with Crippen LogP contribution in [0.25, 0.3) is 0 Å². The SMILES string of the molecule is C=CC(=O)N1CC2(CCCCC2)CC1CO. The van der Waals surface area contributed by atoms with Crippen molar-refractivity contribution in [2.45, 2.75) is 44.6 Å². The minimum absolute atomic E-state index is 0.0172. The third-order valence-corrected chi connectivity index (χ3v) is 4.20. The van der Waals surface area contributed by atoms with Crippen molar-refractivity contribution in [1.29, 1.82) is 0 Å². The molecule has 3 nitrogen and oxygen atoms in total. The predicted molar refractivity (Wildman–Crippen MR) is 62.9 cm³/mol. The maximum Gasteiger partial charge on any atom is 0.246 e. The molecule has 1 atom stereocenters. The van der Waals surface area contributed by atoms with Gasteiger partial charge in [-0.2, -0.15) is 0 Å². The first-order chi connectivity index (χ1) is 7.71. The Labute approximate surface area is 97.1 Å². The molecule has 1 aliphatic carbocycles. The van der Waals surface area contributed by atoms with Gasteiger partial charge >= 0.3 is 0 Å². The number of hydrogen-bond donors (Lipinski definition) is 1. The number of nitrogens with zero attached hydrogens (tertiary/aromatic N) is 1. The summed E-state index contributed by atoms with van der Waals surface area (Å²) in [5.41, 5.74) is 0.296. The van der Waals surface area contributed by atoms with Crippen LogP contribution in [0.1, 0.15) is 38.5 Å². The molecule has 1 spiro atoms. The number of likely N-dealkylation sites (tertiary alicyclic amines) is 1. The summed E-state index contributed by atoms with van der Waals surface area (Å²) in [7, 11) is 0. The molecule has 2 rings (SSSR count). The maximum atomic E-state index is 11.7. The van der Waals surface area contributed by atoms with Crippen molar-refractivity contribution >= 4 is 5.91 Å². The molecular formula is C13H21NO2. The van der Waals surface area contributed by atoms with Gasteiger partial charge in [-0.05, 0) is 30.8 Å². The lowest BCUT2D eigenvalue weighted by atomic mass is 9.73. The fourth-order valence-electron chi connectivity index (χ4n) is 3.37. The molecule has 1 heterocycles. The van der Waals surface area contributed by atoms with Gasteiger partial charge in [0.25, 0.3) is 0 Å². The topological polar surface area (TPSA) is 40.5 Å². The highest BCUT2D eigenvalue weighted by atomic mass is 16.3. The summed E-state index contributed by atoms with van der Waals surface area (Å²) in [5.74, 6) is -0.0264. The predicted octanol–water partition coefficient (Wildman–Crippen LogP) is 1.72. The third kappa shape index (κ3) is 2.01. The molecule has 1 amide bonds. The minimum Gasteiger partial charge on any atom is -0.394 e. The summed E-state index contributed by atoms with van der Waals surface area (Å²) >= 11 is 0. The van der Waals surface area contributed by atoms with Crippen molar-refractivity contribution in [1.82, 2.24) is 4.90 Å². The zero-order valence-corrected chi connectivity index (χ0v) is 9.82. The Hall–Kier alpha value is -0.830. The van der Waals surface area contributed by atoms with E-state index >= 15 is 0 Å². The molecular weight excluding hydrogens is 202 g/mol. The molecule has 1 unspecified atom stereocenters. The van der Waals surface area contributed by atoms with Crippen molar-refractivity contribution in [3.05, 3.63) is 12.7 Å². The normalized spacial score (nSPS) is 28.3. The van der Waals surface area contributed by atoms with Crippen LogP contribution in [0.15, 0.2) is 12.7 Å². The highest BCUT2D eigenvalue weighted by Gasteiger charge is 2.45. The van der Waals surface area contributed by atoms with Gasteiger partial charge < -0.3 is 10.0 Å². The van der Waals surface area contributed by atoms with Gasteiger partial charge in [0.05, 0.1) is 12.6 Å². The summed E-state index contributed by atoms with van der Waals surface area (Å²) in [6, 6.07) is 0.0172. The average molecular weight is 223 g/mol. The second kappa shape index (κ2) is 4.58. The number of rotatable bonds is 2. The van der Waals surface area contributed by atoms with Crippen LogP contribution in [0.4, 0.5) is 0 Å². The van der Waals surface area contributed by atoms with Crippen LogP contribution < -0.4 is 0 Å². The number of aliphatic hydroxyl groups excluding tert-OH is 1. The molecule has 0 aromatic carbocycles. The van der Waals surface area contributed by atoms with Crippen LogP contribution in [-0.4, -0.2) is 35.1 Å². The van der Waals surface area contributed by atoms with Crippen LogP contribution >= 0.6 is 0 Å². The van der Waals surface area contributed by atoms with Crippen molar-refractivity contribution < 1.29 is 9.90 Å². The molecule has 1 saturated heterocycles. The fraction of sp³-hybridized carbons (Fsp3) is 0.769. The van der Waals surface area contributed by atoms with Crippen LogP contribution in [0.5, 0.6) is 0 Å². The van der Waals surface area contributed by atoms with E-state index in [0.29, 0.717) is 5.41 Å². The quantitative estimate of drug-likeness (QED) is 0.724. The average Bonchev–Trinajstić information content (AvgIpc) is 2.68. The van der Waals surface area contributed by atoms with E-state index in [1.807, 2.05) is 4.90 Å². The first-order valence-electron chi connectivity index (χ1n) is 6.25. The van der Waals surface area contributed by atoms with E-state index in [-0.39, 0.29) is 18.6 Å². The lowest BCUT2D eigenvalue weighted by Gasteiger charge is -2.32. The van der Waals surface area contributed by atoms with Crippen molar-refractivity contribution in [3.63, 3.8) is 0 Å². The van der Waals surface area contributed by atoms with Crippen molar-refractivity contribution in [3.8, 4) is 0 Å². The fourth-order valence-corrected chi connectivity index (χ4v) is 3.37. The van der Waals surface area contributed by atoms with Crippen LogP contribution in [0, 0.1) is 5.41 Å². The van der Waals surface area contributed by atoms with Crippen LogP contribution in [-0.2, 0) is 4.79 Å². The Morgan fingerprint density at radius 3 is 2.69 bits per heavy atom. The summed E-state index contributed by atoms with van der Waals surface area (Å²) in [5, 5.41) is 9.37. The number of carbonyl (C=O) groups excluding carboxylic acids is 1. The molecule has 16 heavy (non-hydrogen) atoms. The van der Waals surface area contributed by atoms with E-state index in [4.69, 9.17) is 0 Å². The molecule has 2 aliphatic rings. The van der Waals surface area contributed by atoms with Crippen LogP contribution in [0.3, 0.4) is 0 Å². The van der Waals surface area contributed by atoms with Gasteiger partial charge in [0.1, 0.15) is 0 Å².